The molecule has 0 aliphatic rings. The summed E-state index contributed by atoms with van der Waals surface area (Å²) < 4.78 is 0. The van der Waals surface area contributed by atoms with Crippen LogP contribution >= 0.6 is 0 Å². The topological polar surface area (TPSA) is 40.5 Å². The van der Waals surface area contributed by atoms with Crippen LogP contribution in [-0.2, 0) is 0 Å². The summed E-state index contributed by atoms with van der Waals surface area (Å²) in [5.41, 5.74) is 3.81. The fourth-order valence-corrected chi connectivity index (χ4v) is 3.18. The lowest BCUT2D eigenvalue weighted by Crippen LogP contribution is -1.87. The minimum atomic E-state index is 0.166. The average molecular weight is 312 g/mol. The number of hydrogen-bond acceptors (Lipinski definition) is 2. The van der Waals surface area contributed by atoms with Crippen LogP contribution in [0.15, 0.2) is 84.9 Å². The number of hydrogen-bond donors (Lipinski definition) is 2. The molecule has 2 N–H and O–H groups in total. The van der Waals surface area contributed by atoms with E-state index in [1.807, 2.05) is 72.8 Å². The fourth-order valence-electron chi connectivity index (χ4n) is 3.18. The van der Waals surface area contributed by atoms with E-state index in [1.165, 1.54) is 0 Å². The van der Waals surface area contributed by atoms with E-state index in [0.717, 1.165) is 22.3 Å². The van der Waals surface area contributed by atoms with Crippen LogP contribution < -0.4 is 0 Å². The quantitative estimate of drug-likeness (QED) is 0.474. The molecule has 0 aromatic heterocycles. The number of rotatable bonds is 2. The maximum absolute atomic E-state index is 10.5. The molecule has 0 saturated heterocycles. The van der Waals surface area contributed by atoms with Crippen molar-refractivity contribution in [2.24, 2.45) is 0 Å². The zero-order chi connectivity index (χ0) is 16.5. The van der Waals surface area contributed by atoms with E-state index in [9.17, 15) is 10.2 Å². The molecule has 0 bridgehead atoms. The Morgan fingerprint density at radius 1 is 0.417 bits per heavy atom. The molecule has 0 fully saturated rings. The summed E-state index contributed by atoms with van der Waals surface area (Å²) in [5, 5.41) is 22.3. The molecule has 0 amide bonds. The first-order chi connectivity index (χ1) is 11.8. The van der Waals surface area contributed by atoms with Gasteiger partial charge in [-0.05, 0) is 34.4 Å². The Morgan fingerprint density at radius 3 is 1.17 bits per heavy atom. The van der Waals surface area contributed by atoms with Gasteiger partial charge in [-0.25, -0.2) is 0 Å². The van der Waals surface area contributed by atoms with Crippen LogP contribution in [0.5, 0.6) is 11.5 Å². The summed E-state index contributed by atoms with van der Waals surface area (Å²) in [5.74, 6) is 0.332. The Morgan fingerprint density at radius 2 is 0.792 bits per heavy atom. The van der Waals surface area contributed by atoms with Crippen molar-refractivity contribution in [2.45, 2.75) is 0 Å². The van der Waals surface area contributed by atoms with E-state index in [-0.39, 0.29) is 11.5 Å². The molecule has 0 unspecified atom stereocenters. The average Bonchev–Trinajstić information content (AvgIpc) is 2.65. The summed E-state index contributed by atoms with van der Waals surface area (Å²) in [6.45, 7) is 0. The first kappa shape index (κ1) is 14.3. The van der Waals surface area contributed by atoms with E-state index in [4.69, 9.17) is 0 Å². The summed E-state index contributed by atoms with van der Waals surface area (Å²) in [7, 11) is 0. The highest BCUT2D eigenvalue weighted by atomic mass is 16.3. The van der Waals surface area contributed by atoms with Gasteiger partial charge in [0.2, 0.25) is 0 Å². The first-order valence-corrected chi connectivity index (χ1v) is 7.84. The molecule has 0 spiro atoms. The van der Waals surface area contributed by atoms with Crippen LogP contribution in [0.1, 0.15) is 0 Å². The smallest absolute Gasteiger partial charge is 0.124 e. The van der Waals surface area contributed by atoms with Gasteiger partial charge in [-0.15, -0.1) is 0 Å². The third kappa shape index (κ3) is 2.29. The van der Waals surface area contributed by atoms with Gasteiger partial charge in [-0.2, -0.15) is 0 Å². The lowest BCUT2D eigenvalue weighted by molar-refractivity contribution is 0.469. The van der Waals surface area contributed by atoms with Crippen LogP contribution in [0.3, 0.4) is 0 Å². The molecule has 116 valence electrons. The van der Waals surface area contributed by atoms with E-state index in [2.05, 4.69) is 0 Å². The van der Waals surface area contributed by atoms with E-state index in [1.54, 1.807) is 12.1 Å². The van der Waals surface area contributed by atoms with Crippen LogP contribution in [0.4, 0.5) is 0 Å². The molecule has 2 heteroatoms. The molecule has 24 heavy (non-hydrogen) atoms. The molecule has 0 heterocycles. The van der Waals surface area contributed by atoms with Gasteiger partial charge in [0.15, 0.2) is 0 Å². The van der Waals surface area contributed by atoms with Crippen LogP contribution in [-0.4, -0.2) is 10.2 Å². The largest absolute Gasteiger partial charge is 0.507 e. The van der Waals surface area contributed by atoms with Gasteiger partial charge in [-0.3, -0.25) is 0 Å². The molecular weight excluding hydrogens is 296 g/mol. The zero-order valence-electron chi connectivity index (χ0n) is 13.0. The number of phenolic OH excluding ortho intramolecular Hbond substituents is 2. The Balaban J connectivity index is 2.11. The summed E-state index contributed by atoms with van der Waals surface area (Å²) in [6.07, 6.45) is 0. The molecule has 4 aromatic carbocycles. The van der Waals surface area contributed by atoms with Crippen molar-refractivity contribution in [1.82, 2.24) is 0 Å². The van der Waals surface area contributed by atoms with E-state index in [0.29, 0.717) is 10.8 Å². The van der Waals surface area contributed by atoms with Gasteiger partial charge in [0.1, 0.15) is 11.5 Å². The second kappa shape index (κ2) is 5.74. The van der Waals surface area contributed by atoms with Gasteiger partial charge in [0.05, 0.1) is 0 Å². The highest BCUT2D eigenvalue weighted by Gasteiger charge is 2.15. The standard InChI is InChI=1S/C22H16O2/c23-19-13-14-20(24)22-18(16-9-5-2-6-10-16)12-11-17(21(19)22)15-7-3-1-4-8-15/h1-14,23-24H. The number of benzene rings is 4. The number of aromatic hydroxyl groups is 2. The molecule has 0 atom stereocenters. The SMILES string of the molecule is Oc1ccc(O)c2c(-c3ccccc3)ccc(-c3ccccc3)c12. The molecular formula is C22H16O2. The van der Waals surface area contributed by atoms with Crippen LogP contribution in [0.2, 0.25) is 0 Å². The first-order valence-electron chi connectivity index (χ1n) is 7.84. The highest BCUT2D eigenvalue weighted by molar-refractivity contribution is 6.10. The summed E-state index contributed by atoms with van der Waals surface area (Å²) in [4.78, 5) is 0. The lowest BCUT2D eigenvalue weighted by atomic mass is 9.91. The maximum atomic E-state index is 10.5. The van der Waals surface area contributed by atoms with Crippen molar-refractivity contribution in [1.29, 1.82) is 0 Å². The van der Waals surface area contributed by atoms with E-state index >= 15 is 0 Å². The number of fused-ring (bicyclic) bond motifs is 1. The molecule has 0 aliphatic carbocycles. The molecule has 0 aliphatic heterocycles. The Bertz CT molecular complexity index is 922. The second-order valence-electron chi connectivity index (χ2n) is 5.75. The number of phenols is 2. The van der Waals surface area contributed by atoms with Crippen molar-refractivity contribution in [3.05, 3.63) is 84.9 Å². The van der Waals surface area contributed by atoms with Gasteiger partial charge < -0.3 is 10.2 Å². The predicted molar refractivity (Wildman–Crippen MR) is 98.1 cm³/mol. The minimum absolute atomic E-state index is 0.166. The Kier molecular flexibility index (Phi) is 3.43. The molecule has 2 nitrogen and oxygen atoms in total. The highest BCUT2D eigenvalue weighted by Crippen LogP contribution is 2.43. The lowest BCUT2D eigenvalue weighted by Gasteiger charge is -2.14. The van der Waals surface area contributed by atoms with Crippen LogP contribution in [0.25, 0.3) is 33.0 Å². The van der Waals surface area contributed by atoms with Crippen molar-refractivity contribution >= 4 is 10.8 Å². The molecule has 4 aromatic rings. The summed E-state index contributed by atoms with van der Waals surface area (Å²) >= 11 is 0. The second-order valence-corrected chi connectivity index (χ2v) is 5.75. The fraction of sp³-hybridized carbons (Fsp3) is 0. The van der Waals surface area contributed by atoms with Gasteiger partial charge in [-0.1, -0.05) is 72.8 Å². The normalized spacial score (nSPS) is 10.8. The molecule has 0 radical (unpaired) electrons. The van der Waals surface area contributed by atoms with Crippen molar-refractivity contribution in [3.8, 4) is 33.8 Å². The van der Waals surface area contributed by atoms with Crippen molar-refractivity contribution < 1.29 is 10.2 Å². The monoisotopic (exact) mass is 312 g/mol. The minimum Gasteiger partial charge on any atom is -0.507 e. The van der Waals surface area contributed by atoms with Crippen molar-refractivity contribution in [3.63, 3.8) is 0 Å². The Labute approximate surface area is 140 Å². The van der Waals surface area contributed by atoms with Gasteiger partial charge in [0, 0.05) is 10.8 Å². The third-order valence-corrected chi connectivity index (χ3v) is 4.29. The predicted octanol–water partition coefficient (Wildman–Crippen LogP) is 5.59. The third-order valence-electron chi connectivity index (χ3n) is 4.29. The van der Waals surface area contributed by atoms with E-state index < -0.39 is 0 Å². The van der Waals surface area contributed by atoms with Crippen LogP contribution in [0, 0.1) is 0 Å². The van der Waals surface area contributed by atoms with Crippen molar-refractivity contribution in [2.75, 3.05) is 0 Å². The van der Waals surface area contributed by atoms with Gasteiger partial charge in [0.25, 0.3) is 0 Å². The molecule has 4 rings (SSSR count). The summed E-state index contributed by atoms with van der Waals surface area (Å²) in [6, 6.07) is 26.9. The van der Waals surface area contributed by atoms with Gasteiger partial charge >= 0.3 is 0 Å². The maximum Gasteiger partial charge on any atom is 0.124 e. The zero-order valence-corrected chi connectivity index (χ0v) is 13.0. The Hall–Kier alpha value is -3.26. The molecule has 0 saturated carbocycles.